The number of fused-ring (bicyclic) bond motifs is 1. The van der Waals surface area contributed by atoms with Crippen molar-refractivity contribution in [1.29, 1.82) is 0 Å². The van der Waals surface area contributed by atoms with E-state index in [1.807, 2.05) is 0 Å². The van der Waals surface area contributed by atoms with Gasteiger partial charge in [-0.1, -0.05) is 0 Å². The van der Waals surface area contributed by atoms with Crippen LogP contribution in [0.15, 0.2) is 12.1 Å². The van der Waals surface area contributed by atoms with Crippen LogP contribution < -0.4 is 9.47 Å². The summed E-state index contributed by atoms with van der Waals surface area (Å²) in [5, 5.41) is 9.30. The SMILES string of the molecule is O=S(=O)(Cl)Cc1cc(O)cc2c1OCO2. The van der Waals surface area contributed by atoms with Crippen LogP contribution in [0.1, 0.15) is 5.56 Å². The maximum atomic E-state index is 10.9. The van der Waals surface area contributed by atoms with Crippen molar-refractivity contribution in [2.45, 2.75) is 5.75 Å². The van der Waals surface area contributed by atoms with E-state index >= 15 is 0 Å². The molecule has 15 heavy (non-hydrogen) atoms. The van der Waals surface area contributed by atoms with E-state index in [0.717, 1.165) is 0 Å². The van der Waals surface area contributed by atoms with Gasteiger partial charge in [0, 0.05) is 22.3 Å². The largest absolute Gasteiger partial charge is 0.508 e. The lowest BCUT2D eigenvalue weighted by atomic mass is 10.2. The van der Waals surface area contributed by atoms with E-state index in [4.69, 9.17) is 20.2 Å². The molecule has 1 heterocycles. The third-order valence-electron chi connectivity index (χ3n) is 1.86. The zero-order chi connectivity index (χ0) is 11.1. The molecule has 1 aromatic rings. The number of halogens is 1. The molecule has 0 unspecified atom stereocenters. The van der Waals surface area contributed by atoms with Gasteiger partial charge in [-0.15, -0.1) is 0 Å². The summed E-state index contributed by atoms with van der Waals surface area (Å²) in [6, 6.07) is 2.64. The number of phenolic OH excluding ortho intramolecular Hbond substituents is 1. The Labute approximate surface area is 90.6 Å². The number of aromatic hydroxyl groups is 1. The topological polar surface area (TPSA) is 72.8 Å². The molecule has 0 spiro atoms. The number of rotatable bonds is 2. The Morgan fingerprint density at radius 3 is 2.80 bits per heavy atom. The van der Waals surface area contributed by atoms with Gasteiger partial charge in [-0.2, -0.15) is 0 Å². The second-order valence-corrected chi connectivity index (χ2v) is 5.80. The normalized spacial score (nSPS) is 14.2. The van der Waals surface area contributed by atoms with Crippen LogP contribution in [0.2, 0.25) is 0 Å². The fourth-order valence-corrected chi connectivity index (χ4v) is 2.30. The van der Waals surface area contributed by atoms with Gasteiger partial charge < -0.3 is 14.6 Å². The molecule has 0 atom stereocenters. The number of benzene rings is 1. The summed E-state index contributed by atoms with van der Waals surface area (Å²) in [7, 11) is 1.43. The Hall–Kier alpha value is -1.14. The fourth-order valence-electron chi connectivity index (χ4n) is 1.36. The van der Waals surface area contributed by atoms with E-state index in [1.165, 1.54) is 12.1 Å². The molecule has 0 saturated carbocycles. The molecular weight excluding hydrogens is 244 g/mol. The van der Waals surface area contributed by atoms with E-state index < -0.39 is 14.8 Å². The Balaban J connectivity index is 2.47. The van der Waals surface area contributed by atoms with Crippen molar-refractivity contribution in [2.24, 2.45) is 0 Å². The van der Waals surface area contributed by atoms with Gasteiger partial charge >= 0.3 is 0 Å². The summed E-state index contributed by atoms with van der Waals surface area (Å²) < 4.78 is 31.9. The van der Waals surface area contributed by atoms with Crippen LogP contribution in [0.5, 0.6) is 17.2 Å². The van der Waals surface area contributed by atoms with Crippen molar-refractivity contribution >= 4 is 19.7 Å². The van der Waals surface area contributed by atoms with E-state index in [2.05, 4.69) is 0 Å². The molecule has 1 aliphatic heterocycles. The van der Waals surface area contributed by atoms with Crippen LogP contribution in [-0.4, -0.2) is 20.3 Å². The maximum absolute atomic E-state index is 10.9. The van der Waals surface area contributed by atoms with Crippen molar-refractivity contribution in [3.8, 4) is 17.2 Å². The molecule has 2 rings (SSSR count). The van der Waals surface area contributed by atoms with Gasteiger partial charge in [0.15, 0.2) is 11.5 Å². The highest BCUT2D eigenvalue weighted by Crippen LogP contribution is 2.39. The van der Waals surface area contributed by atoms with Crippen LogP contribution in [0.25, 0.3) is 0 Å². The lowest BCUT2D eigenvalue weighted by molar-refractivity contribution is 0.173. The molecule has 0 amide bonds. The van der Waals surface area contributed by atoms with Crippen LogP contribution in [0.3, 0.4) is 0 Å². The van der Waals surface area contributed by atoms with E-state index in [0.29, 0.717) is 11.5 Å². The molecule has 1 aliphatic rings. The van der Waals surface area contributed by atoms with Crippen molar-refractivity contribution in [3.05, 3.63) is 17.7 Å². The Bertz CT molecular complexity index is 496. The van der Waals surface area contributed by atoms with E-state index in [1.54, 1.807) is 0 Å². The summed E-state index contributed by atoms with van der Waals surface area (Å²) >= 11 is 0. The van der Waals surface area contributed by atoms with Crippen LogP contribution >= 0.6 is 10.7 Å². The van der Waals surface area contributed by atoms with Gasteiger partial charge in [0.2, 0.25) is 15.8 Å². The quantitative estimate of drug-likeness (QED) is 0.798. The summed E-state index contributed by atoms with van der Waals surface area (Å²) in [4.78, 5) is 0. The van der Waals surface area contributed by atoms with Gasteiger partial charge in [0.1, 0.15) is 5.75 Å². The molecule has 0 bridgehead atoms. The van der Waals surface area contributed by atoms with Gasteiger partial charge in [-0.3, -0.25) is 0 Å². The number of hydrogen-bond donors (Lipinski definition) is 1. The minimum absolute atomic E-state index is 0.00806. The average Bonchev–Trinajstić information content (AvgIpc) is 2.48. The predicted octanol–water partition coefficient (Wildman–Crippen LogP) is 1.19. The van der Waals surface area contributed by atoms with Crippen LogP contribution in [-0.2, 0) is 14.8 Å². The van der Waals surface area contributed by atoms with Crippen molar-refractivity contribution in [3.63, 3.8) is 0 Å². The average molecular weight is 251 g/mol. The fraction of sp³-hybridized carbons (Fsp3) is 0.250. The molecule has 1 aromatic carbocycles. The third kappa shape index (κ3) is 2.27. The van der Waals surface area contributed by atoms with Crippen molar-refractivity contribution in [2.75, 3.05) is 6.79 Å². The summed E-state index contributed by atoms with van der Waals surface area (Å²) in [6.45, 7) is 0.00806. The lowest BCUT2D eigenvalue weighted by Gasteiger charge is -2.04. The van der Waals surface area contributed by atoms with Gasteiger partial charge in [0.05, 0.1) is 5.75 Å². The molecule has 0 radical (unpaired) electrons. The minimum atomic E-state index is -3.69. The number of hydrogen-bond acceptors (Lipinski definition) is 5. The van der Waals surface area contributed by atoms with Crippen molar-refractivity contribution < 1.29 is 23.0 Å². The standard InChI is InChI=1S/C8H7ClO5S/c9-15(11,12)3-5-1-6(10)2-7-8(5)14-4-13-7/h1-2,10H,3-4H2. The smallest absolute Gasteiger partial charge is 0.236 e. The first kappa shape index (κ1) is 10.4. The Morgan fingerprint density at radius 1 is 1.40 bits per heavy atom. The summed E-state index contributed by atoms with van der Waals surface area (Å²) in [5.74, 6) is 0.145. The minimum Gasteiger partial charge on any atom is -0.508 e. The molecule has 0 saturated heterocycles. The molecule has 0 fully saturated rings. The zero-order valence-corrected chi connectivity index (χ0v) is 9.01. The van der Waals surface area contributed by atoms with Crippen LogP contribution in [0, 0.1) is 0 Å². The van der Waals surface area contributed by atoms with Crippen LogP contribution in [0.4, 0.5) is 0 Å². The van der Waals surface area contributed by atoms with E-state index in [9.17, 15) is 13.5 Å². The molecule has 5 nitrogen and oxygen atoms in total. The molecule has 7 heteroatoms. The Kier molecular flexibility index (Phi) is 2.40. The lowest BCUT2D eigenvalue weighted by Crippen LogP contribution is -1.98. The Morgan fingerprint density at radius 2 is 2.13 bits per heavy atom. The second-order valence-electron chi connectivity index (χ2n) is 3.02. The number of ether oxygens (including phenoxy) is 2. The highest BCUT2D eigenvalue weighted by molar-refractivity contribution is 8.13. The highest BCUT2D eigenvalue weighted by atomic mass is 35.7. The summed E-state index contributed by atoms with van der Waals surface area (Å²) in [5.41, 5.74) is 0.289. The first-order valence-electron chi connectivity index (χ1n) is 3.99. The molecule has 0 aliphatic carbocycles. The molecule has 1 N–H and O–H groups in total. The monoisotopic (exact) mass is 250 g/mol. The first-order chi connectivity index (χ1) is 6.96. The second kappa shape index (κ2) is 3.46. The van der Waals surface area contributed by atoms with Crippen molar-refractivity contribution in [1.82, 2.24) is 0 Å². The third-order valence-corrected chi connectivity index (χ3v) is 2.85. The molecule has 82 valence electrons. The van der Waals surface area contributed by atoms with E-state index in [-0.39, 0.29) is 18.1 Å². The predicted molar refractivity (Wildman–Crippen MR) is 52.7 cm³/mol. The maximum Gasteiger partial charge on any atom is 0.236 e. The zero-order valence-electron chi connectivity index (χ0n) is 7.44. The van der Waals surface area contributed by atoms with Gasteiger partial charge in [0.25, 0.3) is 0 Å². The first-order valence-corrected chi connectivity index (χ1v) is 6.47. The van der Waals surface area contributed by atoms with Gasteiger partial charge in [-0.05, 0) is 6.07 Å². The highest BCUT2D eigenvalue weighted by Gasteiger charge is 2.22. The van der Waals surface area contributed by atoms with Gasteiger partial charge in [-0.25, -0.2) is 8.42 Å². The molecular formula is C8H7ClO5S. The summed E-state index contributed by atoms with van der Waals surface area (Å²) in [6.07, 6.45) is 0. The number of phenols is 1. The molecule has 0 aromatic heterocycles.